The third-order valence-corrected chi connectivity index (χ3v) is 7.27. The first-order valence-corrected chi connectivity index (χ1v) is 13.4. The number of rotatable bonds is 7. The number of para-hydroxylation sites is 1. The van der Waals surface area contributed by atoms with Gasteiger partial charge in [0.2, 0.25) is 0 Å². The third-order valence-electron chi connectivity index (χ3n) is 7.27. The number of amides is 1. The standard InChI is InChI=1S/C30H24F6N4O5/c1-44-28(43)39-13-12-19(15-39)18-10-8-17(9-11-18)16-45-25-20(4-2-5-22(25)29(31,32)33)23-6-3-7-24(38-23)40-26(30(34,35)36)21(14-37-40)27(41)42/h2-11,14,19H,12-13,15-16H2,1H3,(H,41,42). The van der Waals surface area contributed by atoms with Crippen molar-refractivity contribution < 1.29 is 50.5 Å². The number of pyridine rings is 1. The van der Waals surface area contributed by atoms with Crippen molar-refractivity contribution in [3.63, 3.8) is 0 Å². The van der Waals surface area contributed by atoms with Gasteiger partial charge in [0.25, 0.3) is 0 Å². The predicted molar refractivity (Wildman–Crippen MR) is 146 cm³/mol. The summed E-state index contributed by atoms with van der Waals surface area (Å²) in [7, 11) is 1.31. The van der Waals surface area contributed by atoms with Gasteiger partial charge < -0.3 is 19.5 Å². The van der Waals surface area contributed by atoms with E-state index in [1.165, 1.54) is 25.3 Å². The van der Waals surface area contributed by atoms with Crippen LogP contribution >= 0.6 is 0 Å². The first-order chi connectivity index (χ1) is 21.3. The lowest BCUT2D eigenvalue weighted by molar-refractivity contribution is -0.143. The number of aromatic carboxylic acids is 1. The van der Waals surface area contributed by atoms with Crippen LogP contribution in [-0.2, 0) is 23.7 Å². The number of hydrogen-bond acceptors (Lipinski definition) is 6. The maximum atomic E-state index is 14.1. The SMILES string of the molecule is COC(=O)N1CCC(c2ccc(COc3c(-c4cccc(-n5ncc(C(=O)O)c5C(F)(F)F)n4)cccc3C(F)(F)F)cc2)C1. The van der Waals surface area contributed by atoms with Crippen molar-refractivity contribution in [3.8, 4) is 22.8 Å². The summed E-state index contributed by atoms with van der Waals surface area (Å²) in [6.07, 6.45) is -9.15. The van der Waals surface area contributed by atoms with Gasteiger partial charge in [-0.15, -0.1) is 0 Å². The zero-order valence-electron chi connectivity index (χ0n) is 23.4. The Morgan fingerprint density at radius 2 is 1.69 bits per heavy atom. The number of nitrogens with zero attached hydrogens (tertiary/aromatic N) is 4. The highest BCUT2D eigenvalue weighted by Gasteiger charge is 2.41. The molecule has 2 aromatic heterocycles. The number of aromatic nitrogens is 3. The molecule has 0 aliphatic carbocycles. The molecule has 9 nitrogen and oxygen atoms in total. The second-order valence-electron chi connectivity index (χ2n) is 10.1. The largest absolute Gasteiger partial charge is 0.488 e. The van der Waals surface area contributed by atoms with Gasteiger partial charge in [-0.05, 0) is 41.8 Å². The van der Waals surface area contributed by atoms with Crippen molar-refractivity contribution in [2.75, 3.05) is 20.2 Å². The van der Waals surface area contributed by atoms with Gasteiger partial charge in [0.1, 0.15) is 17.9 Å². The monoisotopic (exact) mass is 634 g/mol. The fourth-order valence-corrected chi connectivity index (χ4v) is 5.13. The Labute approximate surface area is 251 Å². The smallest absolute Gasteiger partial charge is 0.434 e. The average molecular weight is 635 g/mol. The minimum Gasteiger partial charge on any atom is -0.488 e. The number of carboxylic acid groups (broad SMARTS) is 1. The van der Waals surface area contributed by atoms with Crippen LogP contribution in [0.4, 0.5) is 31.1 Å². The Balaban J connectivity index is 1.45. The maximum Gasteiger partial charge on any atom is 0.434 e. The van der Waals surface area contributed by atoms with Crippen LogP contribution in [0.1, 0.15) is 45.1 Å². The Hall–Kier alpha value is -5.08. The Morgan fingerprint density at radius 1 is 0.978 bits per heavy atom. The molecule has 15 heteroatoms. The lowest BCUT2D eigenvalue weighted by Gasteiger charge is -2.18. The van der Waals surface area contributed by atoms with Gasteiger partial charge in [-0.3, -0.25) is 0 Å². The van der Waals surface area contributed by atoms with Gasteiger partial charge in [0.05, 0.1) is 24.6 Å². The van der Waals surface area contributed by atoms with Crippen LogP contribution in [0.15, 0.2) is 66.9 Å². The number of carbonyl (C=O) groups is 2. The summed E-state index contributed by atoms with van der Waals surface area (Å²) >= 11 is 0. The summed E-state index contributed by atoms with van der Waals surface area (Å²) in [6.45, 7) is 0.725. The van der Waals surface area contributed by atoms with E-state index in [0.29, 0.717) is 24.8 Å². The molecule has 1 aliphatic heterocycles. The van der Waals surface area contributed by atoms with E-state index in [2.05, 4.69) is 10.1 Å². The normalized spacial score (nSPS) is 15.3. The Morgan fingerprint density at radius 3 is 2.33 bits per heavy atom. The number of methoxy groups -OCH3 is 1. The topological polar surface area (TPSA) is 107 Å². The van der Waals surface area contributed by atoms with Crippen LogP contribution < -0.4 is 4.74 Å². The van der Waals surface area contributed by atoms with E-state index in [9.17, 15) is 41.0 Å². The van der Waals surface area contributed by atoms with Gasteiger partial charge in [-0.1, -0.05) is 36.4 Å². The summed E-state index contributed by atoms with van der Waals surface area (Å²) in [4.78, 5) is 28.9. The van der Waals surface area contributed by atoms with Crippen molar-refractivity contribution in [3.05, 3.63) is 94.8 Å². The van der Waals surface area contributed by atoms with E-state index < -0.39 is 52.8 Å². The lowest BCUT2D eigenvalue weighted by Crippen LogP contribution is -2.28. The van der Waals surface area contributed by atoms with E-state index in [4.69, 9.17) is 9.47 Å². The van der Waals surface area contributed by atoms with Crippen LogP contribution in [0.5, 0.6) is 5.75 Å². The number of carboxylic acids is 1. The average Bonchev–Trinajstić information content (AvgIpc) is 3.68. The highest BCUT2D eigenvalue weighted by atomic mass is 19.4. The molecule has 1 aliphatic rings. The molecule has 1 atom stereocenters. The van der Waals surface area contributed by atoms with Gasteiger partial charge in [-0.2, -0.15) is 31.4 Å². The number of carbonyl (C=O) groups excluding carboxylic acids is 1. The molecule has 0 bridgehead atoms. The van der Waals surface area contributed by atoms with Crippen molar-refractivity contribution in [1.29, 1.82) is 0 Å². The van der Waals surface area contributed by atoms with E-state index in [0.717, 1.165) is 30.2 Å². The summed E-state index contributed by atoms with van der Waals surface area (Å²) < 4.78 is 94.3. The first-order valence-electron chi connectivity index (χ1n) is 13.4. The zero-order valence-corrected chi connectivity index (χ0v) is 23.4. The fourth-order valence-electron chi connectivity index (χ4n) is 5.13. The molecule has 1 amide bonds. The number of hydrogen-bond donors (Lipinski definition) is 1. The molecular formula is C30H24F6N4O5. The number of halogens is 6. The molecule has 1 N–H and O–H groups in total. The molecule has 3 heterocycles. The van der Waals surface area contributed by atoms with Crippen molar-refractivity contribution in [2.45, 2.75) is 31.3 Å². The molecule has 45 heavy (non-hydrogen) atoms. The molecule has 2 aromatic carbocycles. The second-order valence-corrected chi connectivity index (χ2v) is 10.1. The molecule has 0 saturated carbocycles. The van der Waals surface area contributed by atoms with Crippen LogP contribution in [0, 0.1) is 0 Å². The van der Waals surface area contributed by atoms with Crippen molar-refractivity contribution >= 4 is 12.1 Å². The molecule has 236 valence electrons. The summed E-state index contributed by atoms with van der Waals surface area (Å²) in [6, 6.07) is 13.9. The minimum absolute atomic E-state index is 0.0641. The molecular weight excluding hydrogens is 610 g/mol. The zero-order chi connectivity index (χ0) is 32.5. The molecule has 0 spiro atoms. The maximum absolute atomic E-state index is 14.1. The number of alkyl halides is 6. The third kappa shape index (κ3) is 6.56. The summed E-state index contributed by atoms with van der Waals surface area (Å²) in [5.41, 5.74) is -2.68. The Kier molecular flexibility index (Phi) is 8.45. The predicted octanol–water partition coefficient (Wildman–Crippen LogP) is 6.80. The van der Waals surface area contributed by atoms with Gasteiger partial charge in [0, 0.05) is 24.6 Å². The van der Waals surface area contributed by atoms with E-state index in [1.807, 2.05) is 0 Å². The summed E-state index contributed by atoms with van der Waals surface area (Å²) in [5, 5.41) is 12.7. The van der Waals surface area contributed by atoms with Crippen LogP contribution in [0.2, 0.25) is 0 Å². The molecule has 0 radical (unpaired) electrons. The second kappa shape index (κ2) is 12.1. The fraction of sp³-hybridized carbons (Fsp3) is 0.267. The molecule has 1 saturated heterocycles. The quantitative estimate of drug-likeness (QED) is 0.223. The molecule has 1 fully saturated rings. The van der Waals surface area contributed by atoms with Crippen LogP contribution in [0.3, 0.4) is 0 Å². The highest BCUT2D eigenvalue weighted by molar-refractivity contribution is 5.89. The Bertz CT molecular complexity index is 1720. The van der Waals surface area contributed by atoms with E-state index >= 15 is 0 Å². The number of benzene rings is 2. The van der Waals surface area contributed by atoms with Crippen molar-refractivity contribution in [2.24, 2.45) is 0 Å². The van der Waals surface area contributed by atoms with Crippen molar-refractivity contribution in [1.82, 2.24) is 19.7 Å². The lowest BCUT2D eigenvalue weighted by atomic mass is 9.97. The minimum atomic E-state index is -5.12. The van der Waals surface area contributed by atoms with Gasteiger partial charge >= 0.3 is 24.4 Å². The van der Waals surface area contributed by atoms with E-state index in [-0.39, 0.29) is 28.5 Å². The highest BCUT2D eigenvalue weighted by Crippen LogP contribution is 2.42. The van der Waals surface area contributed by atoms with Gasteiger partial charge in [-0.25, -0.2) is 19.3 Å². The molecule has 5 rings (SSSR count). The first kappa shape index (κ1) is 31.3. The molecule has 1 unspecified atom stereocenters. The van der Waals surface area contributed by atoms with Crippen LogP contribution in [0.25, 0.3) is 17.1 Å². The van der Waals surface area contributed by atoms with E-state index in [1.54, 1.807) is 29.2 Å². The summed E-state index contributed by atoms with van der Waals surface area (Å²) in [5.74, 6) is -2.86. The number of ether oxygens (including phenoxy) is 2. The van der Waals surface area contributed by atoms with Gasteiger partial charge in [0.15, 0.2) is 11.5 Å². The number of likely N-dealkylation sites (tertiary alicyclic amines) is 1. The van der Waals surface area contributed by atoms with Crippen LogP contribution in [-0.4, -0.2) is 57.0 Å². The molecule has 4 aromatic rings.